The van der Waals surface area contributed by atoms with Crippen molar-refractivity contribution >= 4 is 34.5 Å². The van der Waals surface area contributed by atoms with Gasteiger partial charge in [-0.05, 0) is 37.1 Å². The first-order valence-corrected chi connectivity index (χ1v) is 10.3. The maximum atomic E-state index is 13.2. The van der Waals surface area contributed by atoms with E-state index in [9.17, 15) is 28.7 Å². The molecule has 6 nitrogen and oxygen atoms in total. The lowest BCUT2D eigenvalue weighted by molar-refractivity contribution is -0.148. The quantitative estimate of drug-likeness (QED) is 0.678. The van der Waals surface area contributed by atoms with Crippen LogP contribution in [0.15, 0.2) is 54.6 Å². The molecule has 1 unspecified atom stereocenters. The summed E-state index contributed by atoms with van der Waals surface area (Å²) in [5.41, 5.74) is 0.565. The summed E-state index contributed by atoms with van der Waals surface area (Å²) in [5.74, 6) is -2.57. The molecule has 0 aliphatic carbocycles. The normalized spacial score (nSPS) is 16.8. The molecule has 1 aliphatic heterocycles. The van der Waals surface area contributed by atoms with Crippen molar-refractivity contribution in [1.82, 2.24) is 4.90 Å². The maximum absolute atomic E-state index is 13.2. The first kappa shape index (κ1) is 21.7. The van der Waals surface area contributed by atoms with Gasteiger partial charge in [0.05, 0.1) is 5.25 Å². The minimum absolute atomic E-state index is 0.179. The molecule has 0 aromatic heterocycles. The SMILES string of the molecule is O=C(SC(CC(=O)N1CCC[C@H]1C(=O)O)C(=O)c1ccc(F)cc1)c1ccccc1. The summed E-state index contributed by atoms with van der Waals surface area (Å²) in [7, 11) is 0. The molecule has 0 saturated carbocycles. The van der Waals surface area contributed by atoms with E-state index in [0.29, 0.717) is 24.9 Å². The Hall–Kier alpha value is -3.00. The number of benzene rings is 2. The molecule has 1 saturated heterocycles. The summed E-state index contributed by atoms with van der Waals surface area (Å²) < 4.78 is 13.2. The van der Waals surface area contributed by atoms with Crippen molar-refractivity contribution in [2.24, 2.45) is 0 Å². The van der Waals surface area contributed by atoms with Crippen molar-refractivity contribution in [2.45, 2.75) is 30.6 Å². The number of amides is 1. The predicted octanol–water partition coefficient (Wildman–Crippen LogP) is 3.42. The van der Waals surface area contributed by atoms with Crippen LogP contribution in [0.2, 0.25) is 0 Å². The molecule has 1 fully saturated rings. The third-order valence-corrected chi connectivity index (χ3v) is 6.01. The molecular weight excluding hydrogens is 409 g/mol. The lowest BCUT2D eigenvalue weighted by Crippen LogP contribution is -2.42. The Morgan fingerprint density at radius 1 is 1.03 bits per heavy atom. The minimum atomic E-state index is -1.09. The molecule has 0 radical (unpaired) electrons. The number of carbonyl (C=O) groups is 4. The van der Waals surface area contributed by atoms with Gasteiger partial charge in [-0.3, -0.25) is 14.4 Å². The van der Waals surface area contributed by atoms with Gasteiger partial charge in [-0.1, -0.05) is 42.1 Å². The van der Waals surface area contributed by atoms with E-state index in [4.69, 9.17) is 0 Å². The number of thioether (sulfide) groups is 1. The van der Waals surface area contributed by atoms with Crippen LogP contribution < -0.4 is 0 Å². The number of hydrogen-bond donors (Lipinski definition) is 1. The zero-order valence-corrected chi connectivity index (χ0v) is 16.8. The Morgan fingerprint density at radius 2 is 1.70 bits per heavy atom. The van der Waals surface area contributed by atoms with E-state index in [1.54, 1.807) is 30.3 Å². The van der Waals surface area contributed by atoms with E-state index in [1.807, 2.05) is 0 Å². The maximum Gasteiger partial charge on any atom is 0.326 e. The highest BCUT2D eigenvalue weighted by Gasteiger charge is 2.36. The van der Waals surface area contributed by atoms with Gasteiger partial charge in [0.2, 0.25) is 11.0 Å². The number of ketones is 1. The highest BCUT2D eigenvalue weighted by atomic mass is 32.2. The molecule has 1 heterocycles. The van der Waals surface area contributed by atoms with Gasteiger partial charge in [0.25, 0.3) is 0 Å². The average molecular weight is 429 g/mol. The van der Waals surface area contributed by atoms with E-state index >= 15 is 0 Å². The van der Waals surface area contributed by atoms with Gasteiger partial charge in [0.1, 0.15) is 11.9 Å². The molecule has 1 N–H and O–H groups in total. The summed E-state index contributed by atoms with van der Waals surface area (Å²) in [6.07, 6.45) is 0.604. The molecule has 0 bridgehead atoms. The smallest absolute Gasteiger partial charge is 0.326 e. The van der Waals surface area contributed by atoms with Crippen molar-refractivity contribution < 1.29 is 28.7 Å². The fourth-order valence-corrected chi connectivity index (χ4v) is 4.36. The number of nitrogens with zero attached hydrogens (tertiary/aromatic N) is 1. The van der Waals surface area contributed by atoms with Gasteiger partial charge in [0.15, 0.2) is 5.78 Å². The average Bonchev–Trinajstić information content (AvgIpc) is 3.24. The van der Waals surface area contributed by atoms with Crippen LogP contribution in [0.4, 0.5) is 4.39 Å². The number of aliphatic carboxylic acids is 1. The van der Waals surface area contributed by atoms with Crippen molar-refractivity contribution in [3.8, 4) is 0 Å². The number of hydrogen-bond acceptors (Lipinski definition) is 5. The lowest BCUT2D eigenvalue weighted by atomic mass is 10.1. The lowest BCUT2D eigenvalue weighted by Gasteiger charge is -2.23. The standard InChI is InChI=1S/C22H20FNO5S/c23-16-10-8-14(9-11-16)20(26)18(30-22(29)15-5-2-1-3-6-15)13-19(25)24-12-4-7-17(24)21(27)28/h1-3,5-6,8-11,17-18H,4,7,12-13H2,(H,27,28)/t17-,18?/m0/s1. The first-order chi connectivity index (χ1) is 14.4. The van der Waals surface area contributed by atoms with Gasteiger partial charge in [0, 0.05) is 24.1 Å². The van der Waals surface area contributed by atoms with Gasteiger partial charge >= 0.3 is 5.97 Å². The molecule has 156 valence electrons. The summed E-state index contributed by atoms with van der Waals surface area (Å²) >= 11 is 0.725. The van der Waals surface area contributed by atoms with Crippen LogP contribution in [0.5, 0.6) is 0 Å². The molecule has 3 rings (SSSR count). The van der Waals surface area contributed by atoms with Crippen LogP contribution in [0, 0.1) is 5.82 Å². The number of Topliss-reactive ketones (excluding diaryl/α,β-unsaturated/α-hetero) is 1. The number of carboxylic acid groups (broad SMARTS) is 1. The van der Waals surface area contributed by atoms with Gasteiger partial charge in [-0.15, -0.1) is 0 Å². The molecule has 1 amide bonds. The van der Waals surface area contributed by atoms with Crippen LogP contribution in [0.3, 0.4) is 0 Å². The molecule has 30 heavy (non-hydrogen) atoms. The van der Waals surface area contributed by atoms with Crippen LogP contribution in [-0.2, 0) is 9.59 Å². The van der Waals surface area contributed by atoms with E-state index < -0.39 is 34.8 Å². The summed E-state index contributed by atoms with van der Waals surface area (Å²) in [6, 6.07) is 12.3. The molecular formula is C22H20FNO5S. The summed E-state index contributed by atoms with van der Waals surface area (Å²) in [5, 5.41) is 7.89. The second-order valence-electron chi connectivity index (χ2n) is 6.92. The third kappa shape index (κ3) is 5.13. The fourth-order valence-electron chi connectivity index (χ4n) is 3.36. The molecule has 1 aliphatic rings. The third-order valence-electron chi connectivity index (χ3n) is 4.90. The Kier molecular flexibility index (Phi) is 6.99. The second kappa shape index (κ2) is 9.67. The first-order valence-electron chi connectivity index (χ1n) is 9.45. The topological polar surface area (TPSA) is 91.8 Å². The van der Waals surface area contributed by atoms with Crippen LogP contribution >= 0.6 is 11.8 Å². The Labute approximate surface area is 177 Å². The van der Waals surface area contributed by atoms with Crippen molar-refractivity contribution in [2.75, 3.05) is 6.54 Å². The summed E-state index contributed by atoms with van der Waals surface area (Å²) in [6.45, 7) is 0.296. The van der Waals surface area contributed by atoms with E-state index in [1.165, 1.54) is 17.0 Å². The molecule has 0 spiro atoms. The number of likely N-dealkylation sites (tertiary alicyclic amines) is 1. The van der Waals surface area contributed by atoms with Crippen LogP contribution in [-0.4, -0.2) is 50.6 Å². The molecule has 2 aromatic rings. The summed E-state index contributed by atoms with van der Waals surface area (Å²) in [4.78, 5) is 51.1. The molecule has 2 atom stereocenters. The van der Waals surface area contributed by atoms with Crippen molar-refractivity contribution in [3.63, 3.8) is 0 Å². The Bertz CT molecular complexity index is 948. The van der Waals surface area contributed by atoms with Gasteiger partial charge in [-0.25, -0.2) is 9.18 Å². The minimum Gasteiger partial charge on any atom is -0.480 e. The highest BCUT2D eigenvalue weighted by molar-refractivity contribution is 8.15. The number of halogens is 1. The largest absolute Gasteiger partial charge is 0.480 e. The number of carboxylic acids is 1. The van der Waals surface area contributed by atoms with Gasteiger partial charge < -0.3 is 10.0 Å². The molecule has 8 heteroatoms. The second-order valence-corrected chi connectivity index (χ2v) is 8.09. The van der Waals surface area contributed by atoms with Gasteiger partial charge in [-0.2, -0.15) is 0 Å². The number of carbonyl (C=O) groups excluding carboxylic acids is 3. The van der Waals surface area contributed by atoms with Crippen LogP contribution in [0.25, 0.3) is 0 Å². The van der Waals surface area contributed by atoms with Crippen molar-refractivity contribution in [3.05, 3.63) is 71.5 Å². The highest BCUT2D eigenvalue weighted by Crippen LogP contribution is 2.27. The van der Waals surface area contributed by atoms with E-state index in [0.717, 1.165) is 23.9 Å². The monoisotopic (exact) mass is 429 g/mol. The fraction of sp³-hybridized carbons (Fsp3) is 0.273. The molecule has 2 aromatic carbocycles. The van der Waals surface area contributed by atoms with E-state index in [-0.39, 0.29) is 17.1 Å². The zero-order chi connectivity index (χ0) is 21.7. The van der Waals surface area contributed by atoms with E-state index in [2.05, 4.69) is 0 Å². The van der Waals surface area contributed by atoms with Crippen LogP contribution in [0.1, 0.15) is 40.0 Å². The predicted molar refractivity (Wildman–Crippen MR) is 110 cm³/mol. The Balaban J connectivity index is 1.82. The van der Waals surface area contributed by atoms with Crippen molar-refractivity contribution in [1.29, 1.82) is 0 Å². The Morgan fingerprint density at radius 3 is 2.33 bits per heavy atom. The zero-order valence-electron chi connectivity index (χ0n) is 16.0. The number of rotatable bonds is 7.